The van der Waals surface area contributed by atoms with Crippen LogP contribution in [0.5, 0.6) is 5.88 Å². The summed E-state index contributed by atoms with van der Waals surface area (Å²) in [5.41, 5.74) is 0.416. The summed E-state index contributed by atoms with van der Waals surface area (Å²) in [7, 11) is 1.39. The highest BCUT2D eigenvalue weighted by Crippen LogP contribution is 2.33. The fourth-order valence-corrected chi connectivity index (χ4v) is 1.49. The number of ether oxygens (including phenoxy) is 1. The molecule has 0 saturated heterocycles. The summed E-state index contributed by atoms with van der Waals surface area (Å²) in [5, 5.41) is 0. The van der Waals surface area contributed by atoms with Crippen LogP contribution in [0, 0.1) is 6.92 Å². The highest BCUT2D eigenvalue weighted by atomic mass is 79.9. The first kappa shape index (κ1) is 10.4. The number of hydrogen-bond donors (Lipinski definition) is 0. The Morgan fingerprint density at radius 3 is 2.62 bits per heavy atom. The van der Waals surface area contributed by atoms with Crippen molar-refractivity contribution in [3.05, 3.63) is 21.8 Å². The zero-order chi connectivity index (χ0) is 10.0. The summed E-state index contributed by atoms with van der Waals surface area (Å²) >= 11 is 3.01. The number of rotatable bonds is 2. The topological polar surface area (TPSA) is 22.1 Å². The Balaban J connectivity index is 3.27. The third kappa shape index (κ3) is 2.15. The van der Waals surface area contributed by atoms with Crippen molar-refractivity contribution in [1.82, 2.24) is 4.98 Å². The fourth-order valence-electron chi connectivity index (χ4n) is 0.947. The van der Waals surface area contributed by atoms with E-state index in [1.54, 1.807) is 6.92 Å². The van der Waals surface area contributed by atoms with E-state index in [1.807, 2.05) is 0 Å². The van der Waals surface area contributed by atoms with Gasteiger partial charge >= 0.3 is 0 Å². The van der Waals surface area contributed by atoms with Gasteiger partial charge in [0.15, 0.2) is 0 Å². The van der Waals surface area contributed by atoms with Gasteiger partial charge in [0.1, 0.15) is 0 Å². The smallest absolute Gasteiger partial charge is 0.265 e. The van der Waals surface area contributed by atoms with Crippen molar-refractivity contribution in [1.29, 1.82) is 0 Å². The van der Waals surface area contributed by atoms with Gasteiger partial charge in [0.25, 0.3) is 6.43 Å². The van der Waals surface area contributed by atoms with Crippen molar-refractivity contribution in [2.24, 2.45) is 0 Å². The molecule has 1 heterocycles. The Hall–Kier alpha value is -0.710. The predicted octanol–water partition coefficient (Wildman–Crippen LogP) is 3.10. The van der Waals surface area contributed by atoms with Crippen molar-refractivity contribution < 1.29 is 13.5 Å². The summed E-state index contributed by atoms with van der Waals surface area (Å²) in [6, 6.07) is 1.33. The largest absolute Gasteiger partial charge is 0.480 e. The number of nitrogens with zero attached hydrogens (tertiary/aromatic N) is 1. The summed E-state index contributed by atoms with van der Waals surface area (Å²) in [6.45, 7) is 1.64. The van der Waals surface area contributed by atoms with E-state index in [-0.39, 0.29) is 15.9 Å². The predicted molar refractivity (Wildman–Crippen MR) is 48.2 cm³/mol. The van der Waals surface area contributed by atoms with Gasteiger partial charge in [-0.3, -0.25) is 0 Å². The van der Waals surface area contributed by atoms with Gasteiger partial charge in [0.2, 0.25) is 5.88 Å². The van der Waals surface area contributed by atoms with Gasteiger partial charge < -0.3 is 4.74 Å². The van der Waals surface area contributed by atoms with Crippen LogP contribution in [0.15, 0.2) is 10.5 Å². The van der Waals surface area contributed by atoms with Gasteiger partial charge in [-0.25, -0.2) is 13.8 Å². The van der Waals surface area contributed by atoms with Gasteiger partial charge in [0.05, 0.1) is 11.6 Å². The molecule has 0 N–H and O–H groups in total. The minimum Gasteiger partial charge on any atom is -0.480 e. The molecule has 13 heavy (non-hydrogen) atoms. The molecule has 0 aliphatic carbocycles. The first-order valence-electron chi connectivity index (χ1n) is 3.55. The third-order valence-corrected chi connectivity index (χ3v) is 2.31. The second-order valence-electron chi connectivity index (χ2n) is 2.48. The number of methoxy groups -OCH3 is 1. The molecule has 1 aromatic rings. The molecule has 5 heteroatoms. The molecule has 0 aliphatic heterocycles. The van der Waals surface area contributed by atoms with Crippen LogP contribution in [0.4, 0.5) is 8.78 Å². The zero-order valence-corrected chi connectivity index (χ0v) is 8.73. The normalized spacial score (nSPS) is 10.6. The van der Waals surface area contributed by atoms with Crippen LogP contribution in [0.3, 0.4) is 0 Å². The van der Waals surface area contributed by atoms with Crippen LogP contribution in [-0.4, -0.2) is 12.1 Å². The molecule has 0 unspecified atom stereocenters. The Morgan fingerprint density at radius 2 is 2.15 bits per heavy atom. The molecule has 72 valence electrons. The molecule has 2 nitrogen and oxygen atoms in total. The van der Waals surface area contributed by atoms with Gasteiger partial charge in [-0.1, -0.05) is 0 Å². The van der Waals surface area contributed by atoms with Gasteiger partial charge in [-0.2, -0.15) is 0 Å². The molecular formula is C8H8BrF2NO. The highest BCUT2D eigenvalue weighted by molar-refractivity contribution is 9.10. The molecule has 1 rings (SSSR count). The minimum absolute atomic E-state index is 0.0932. The van der Waals surface area contributed by atoms with Crippen molar-refractivity contribution in [3.63, 3.8) is 0 Å². The number of pyridine rings is 1. The van der Waals surface area contributed by atoms with E-state index < -0.39 is 6.43 Å². The average Bonchev–Trinajstić information content (AvgIpc) is 2.08. The van der Waals surface area contributed by atoms with Gasteiger partial charge in [-0.05, 0) is 28.9 Å². The third-order valence-electron chi connectivity index (χ3n) is 1.51. The lowest BCUT2D eigenvalue weighted by molar-refractivity contribution is 0.149. The molecule has 0 fully saturated rings. The first-order valence-corrected chi connectivity index (χ1v) is 4.34. The van der Waals surface area contributed by atoms with Crippen LogP contribution in [0.2, 0.25) is 0 Å². The maximum atomic E-state index is 12.4. The quantitative estimate of drug-likeness (QED) is 0.806. The molecule has 0 saturated carbocycles. The summed E-state index contributed by atoms with van der Waals surface area (Å²) in [6.07, 6.45) is -2.52. The minimum atomic E-state index is -2.52. The molecular weight excluding hydrogens is 244 g/mol. The van der Waals surface area contributed by atoms with E-state index in [9.17, 15) is 8.78 Å². The molecule has 1 aromatic heterocycles. The van der Waals surface area contributed by atoms with Crippen LogP contribution in [0.1, 0.15) is 17.7 Å². The molecule has 0 radical (unpaired) electrons. The average molecular weight is 252 g/mol. The van der Waals surface area contributed by atoms with Gasteiger partial charge in [-0.15, -0.1) is 0 Å². The monoisotopic (exact) mass is 251 g/mol. The lowest BCUT2D eigenvalue weighted by Crippen LogP contribution is -1.96. The fraction of sp³-hybridized carbons (Fsp3) is 0.375. The second-order valence-corrected chi connectivity index (χ2v) is 3.27. The number of aryl methyl sites for hydroxylation is 1. The SMILES string of the molecule is COc1nc(C)cc(C(F)F)c1Br. The van der Waals surface area contributed by atoms with Crippen LogP contribution in [-0.2, 0) is 0 Å². The van der Waals surface area contributed by atoms with Crippen LogP contribution in [0.25, 0.3) is 0 Å². The molecule has 0 bridgehead atoms. The number of alkyl halides is 2. The Labute approximate surface area is 83.1 Å². The molecule has 0 amide bonds. The zero-order valence-electron chi connectivity index (χ0n) is 7.14. The van der Waals surface area contributed by atoms with E-state index in [4.69, 9.17) is 4.74 Å². The number of halogens is 3. The Bertz CT molecular complexity index is 317. The Morgan fingerprint density at radius 1 is 1.54 bits per heavy atom. The number of hydrogen-bond acceptors (Lipinski definition) is 2. The van der Waals surface area contributed by atoms with Crippen LogP contribution < -0.4 is 4.74 Å². The van der Waals surface area contributed by atoms with Crippen molar-refractivity contribution in [3.8, 4) is 5.88 Å². The molecule has 0 atom stereocenters. The molecule has 0 spiro atoms. The first-order chi connectivity index (χ1) is 6.06. The van der Waals surface area contributed by atoms with Crippen LogP contribution >= 0.6 is 15.9 Å². The Kier molecular flexibility index (Phi) is 3.19. The van der Waals surface area contributed by atoms with Crippen molar-refractivity contribution in [2.45, 2.75) is 13.3 Å². The van der Waals surface area contributed by atoms with E-state index in [0.717, 1.165) is 0 Å². The maximum Gasteiger partial charge on any atom is 0.265 e. The van der Waals surface area contributed by atoms with E-state index in [1.165, 1.54) is 13.2 Å². The summed E-state index contributed by atoms with van der Waals surface area (Å²) in [5.74, 6) is 0.190. The summed E-state index contributed by atoms with van der Waals surface area (Å²) in [4.78, 5) is 3.93. The van der Waals surface area contributed by atoms with Crippen molar-refractivity contribution >= 4 is 15.9 Å². The maximum absolute atomic E-state index is 12.4. The van der Waals surface area contributed by atoms with Gasteiger partial charge in [0, 0.05) is 11.3 Å². The number of aromatic nitrogens is 1. The van der Waals surface area contributed by atoms with E-state index >= 15 is 0 Å². The van der Waals surface area contributed by atoms with Crippen molar-refractivity contribution in [2.75, 3.05) is 7.11 Å². The van der Waals surface area contributed by atoms with E-state index in [2.05, 4.69) is 20.9 Å². The second kappa shape index (κ2) is 4.00. The molecule has 0 aromatic carbocycles. The van der Waals surface area contributed by atoms with E-state index in [0.29, 0.717) is 5.69 Å². The highest BCUT2D eigenvalue weighted by Gasteiger charge is 2.16. The lowest BCUT2D eigenvalue weighted by atomic mass is 10.2. The standard InChI is InChI=1S/C8H8BrF2NO/c1-4-3-5(7(10)11)6(9)8(12-4)13-2/h3,7H,1-2H3. The molecule has 0 aliphatic rings. The summed E-state index contributed by atoms with van der Waals surface area (Å²) < 4.78 is 29.9. The lowest BCUT2D eigenvalue weighted by Gasteiger charge is -2.08.